The summed E-state index contributed by atoms with van der Waals surface area (Å²) >= 11 is 0. The zero-order valence-corrected chi connectivity index (χ0v) is 21.4. The van der Waals surface area contributed by atoms with Crippen molar-refractivity contribution in [3.8, 4) is 0 Å². The number of benzene rings is 2. The van der Waals surface area contributed by atoms with E-state index in [4.69, 9.17) is 0 Å². The minimum Gasteiger partial charge on any atom is -0.352 e. The van der Waals surface area contributed by atoms with Crippen LogP contribution < -0.4 is 11.0 Å². The van der Waals surface area contributed by atoms with Crippen LogP contribution in [0.5, 0.6) is 0 Å². The van der Waals surface area contributed by atoms with Gasteiger partial charge >= 0.3 is 5.69 Å². The Morgan fingerprint density at radius 3 is 2.34 bits per heavy atom. The zero-order valence-electron chi connectivity index (χ0n) is 20.6. The van der Waals surface area contributed by atoms with Gasteiger partial charge in [-0.05, 0) is 70.2 Å². The van der Waals surface area contributed by atoms with Crippen molar-refractivity contribution in [2.75, 3.05) is 13.1 Å². The standard InChI is InChI=1S/C26H34N4O4S/c1-19(2)30-23-14-13-22(35(33,34)28-15-7-8-16-28)17-24(23)29(26(30)32)18-25(31)27-20(3)11-12-21-9-5-4-6-10-21/h4-6,9-10,13-14,17,19-20H,7-8,11-12,15-16,18H2,1-3H3,(H,27,31)/t20-/m1/s1. The van der Waals surface area contributed by atoms with Crippen LogP contribution in [0.15, 0.2) is 58.2 Å². The van der Waals surface area contributed by atoms with Gasteiger partial charge in [0.15, 0.2) is 0 Å². The molecule has 9 heteroatoms. The van der Waals surface area contributed by atoms with E-state index in [1.165, 1.54) is 20.5 Å². The molecule has 2 heterocycles. The Morgan fingerprint density at radius 1 is 1.00 bits per heavy atom. The number of nitrogens with zero attached hydrogens (tertiary/aromatic N) is 3. The number of hydrogen-bond acceptors (Lipinski definition) is 4. The fourth-order valence-electron chi connectivity index (χ4n) is 4.71. The van der Waals surface area contributed by atoms with Crippen molar-refractivity contribution in [3.63, 3.8) is 0 Å². The van der Waals surface area contributed by atoms with Crippen LogP contribution in [-0.2, 0) is 27.8 Å². The molecule has 4 rings (SSSR count). The second kappa shape index (κ2) is 10.4. The number of aromatic nitrogens is 2. The molecule has 8 nitrogen and oxygen atoms in total. The third-order valence-electron chi connectivity index (χ3n) is 6.57. The molecule has 1 atom stereocenters. The topological polar surface area (TPSA) is 93.4 Å². The summed E-state index contributed by atoms with van der Waals surface area (Å²) in [5.74, 6) is -0.275. The molecule has 2 aromatic carbocycles. The second-order valence-electron chi connectivity index (χ2n) is 9.59. The Morgan fingerprint density at radius 2 is 1.69 bits per heavy atom. The van der Waals surface area contributed by atoms with E-state index in [2.05, 4.69) is 17.4 Å². The third-order valence-corrected chi connectivity index (χ3v) is 8.47. The lowest BCUT2D eigenvalue weighted by Crippen LogP contribution is -2.38. The summed E-state index contributed by atoms with van der Waals surface area (Å²) in [7, 11) is -3.64. The van der Waals surface area contributed by atoms with Crippen molar-refractivity contribution in [3.05, 3.63) is 64.6 Å². The molecule has 188 valence electrons. The average molecular weight is 499 g/mol. The average Bonchev–Trinajstić information content (AvgIpc) is 3.46. The number of carbonyl (C=O) groups is 1. The maximum Gasteiger partial charge on any atom is 0.329 e. The fourth-order valence-corrected chi connectivity index (χ4v) is 6.25. The molecular weight excluding hydrogens is 464 g/mol. The number of amides is 1. The van der Waals surface area contributed by atoms with E-state index >= 15 is 0 Å². The lowest BCUT2D eigenvalue weighted by molar-refractivity contribution is -0.122. The predicted octanol–water partition coefficient (Wildman–Crippen LogP) is 3.31. The fraction of sp³-hybridized carbons (Fsp3) is 0.462. The SMILES string of the molecule is CC(C)n1c(=O)n(CC(=O)N[C@H](C)CCc2ccccc2)c2cc(S(=O)(=O)N3CCCC3)ccc21. The summed E-state index contributed by atoms with van der Waals surface area (Å²) < 4.78 is 30.7. The normalized spacial score (nSPS) is 15.7. The Labute approximate surface area is 206 Å². The summed E-state index contributed by atoms with van der Waals surface area (Å²) in [6.07, 6.45) is 3.31. The molecule has 1 aromatic heterocycles. The van der Waals surface area contributed by atoms with Gasteiger partial charge in [-0.25, -0.2) is 13.2 Å². The van der Waals surface area contributed by atoms with Crippen molar-refractivity contribution in [1.29, 1.82) is 0 Å². The molecular formula is C26H34N4O4S. The minimum atomic E-state index is -3.64. The molecule has 0 aliphatic carbocycles. The predicted molar refractivity (Wildman–Crippen MR) is 137 cm³/mol. The monoisotopic (exact) mass is 498 g/mol. The van der Waals surface area contributed by atoms with Gasteiger partial charge in [-0.15, -0.1) is 0 Å². The van der Waals surface area contributed by atoms with Gasteiger partial charge in [-0.3, -0.25) is 13.9 Å². The molecule has 0 spiro atoms. The first-order valence-corrected chi connectivity index (χ1v) is 13.7. The first-order chi connectivity index (χ1) is 16.7. The highest BCUT2D eigenvalue weighted by Crippen LogP contribution is 2.25. The van der Waals surface area contributed by atoms with Crippen LogP contribution in [-0.4, -0.2) is 46.9 Å². The van der Waals surface area contributed by atoms with Crippen LogP contribution in [0.4, 0.5) is 0 Å². The first-order valence-electron chi connectivity index (χ1n) is 12.3. The van der Waals surface area contributed by atoms with Gasteiger partial charge in [0.05, 0.1) is 15.9 Å². The van der Waals surface area contributed by atoms with Crippen molar-refractivity contribution in [2.24, 2.45) is 0 Å². The molecule has 1 fully saturated rings. The molecule has 1 aliphatic rings. The molecule has 0 radical (unpaired) electrons. The van der Waals surface area contributed by atoms with E-state index in [9.17, 15) is 18.0 Å². The Kier molecular flexibility index (Phi) is 7.47. The maximum absolute atomic E-state index is 13.3. The lowest BCUT2D eigenvalue weighted by atomic mass is 10.1. The number of imidazole rings is 1. The zero-order chi connectivity index (χ0) is 25.2. The number of nitrogens with one attached hydrogen (secondary N) is 1. The van der Waals surface area contributed by atoms with Crippen LogP contribution in [0.3, 0.4) is 0 Å². The number of fused-ring (bicyclic) bond motifs is 1. The van der Waals surface area contributed by atoms with E-state index in [0.717, 1.165) is 25.7 Å². The van der Waals surface area contributed by atoms with Crippen LogP contribution in [0.25, 0.3) is 11.0 Å². The summed E-state index contributed by atoms with van der Waals surface area (Å²) in [6.45, 7) is 6.57. The van der Waals surface area contributed by atoms with Crippen LogP contribution in [0, 0.1) is 0 Å². The Balaban J connectivity index is 1.58. The highest BCUT2D eigenvalue weighted by molar-refractivity contribution is 7.89. The van der Waals surface area contributed by atoms with Crippen molar-refractivity contribution in [1.82, 2.24) is 18.8 Å². The minimum absolute atomic E-state index is 0.0667. The Bertz CT molecular complexity index is 1350. The summed E-state index contributed by atoms with van der Waals surface area (Å²) in [6, 6.07) is 14.6. The Hall–Kier alpha value is -2.91. The third kappa shape index (κ3) is 5.36. The number of rotatable bonds is 9. The van der Waals surface area contributed by atoms with Gasteiger partial charge in [0.1, 0.15) is 6.54 Å². The van der Waals surface area contributed by atoms with Gasteiger partial charge in [-0.2, -0.15) is 4.31 Å². The molecule has 35 heavy (non-hydrogen) atoms. The van der Waals surface area contributed by atoms with Crippen molar-refractivity contribution >= 4 is 27.0 Å². The van der Waals surface area contributed by atoms with Gasteiger partial charge in [-0.1, -0.05) is 30.3 Å². The molecule has 0 saturated carbocycles. The molecule has 0 bridgehead atoms. The van der Waals surface area contributed by atoms with E-state index in [-0.39, 0.29) is 35.1 Å². The molecule has 0 unspecified atom stereocenters. The van der Waals surface area contributed by atoms with E-state index in [1.54, 1.807) is 16.7 Å². The van der Waals surface area contributed by atoms with Gasteiger partial charge in [0, 0.05) is 25.2 Å². The second-order valence-corrected chi connectivity index (χ2v) is 11.5. The summed E-state index contributed by atoms with van der Waals surface area (Å²) in [5, 5.41) is 2.98. The summed E-state index contributed by atoms with van der Waals surface area (Å²) in [5.41, 5.74) is 1.96. The number of carbonyl (C=O) groups excluding carboxylic acids is 1. The molecule has 1 amide bonds. The number of aryl methyl sites for hydroxylation is 1. The molecule has 1 N–H and O–H groups in total. The first kappa shape index (κ1) is 25.2. The number of hydrogen-bond donors (Lipinski definition) is 1. The highest BCUT2D eigenvalue weighted by atomic mass is 32.2. The highest BCUT2D eigenvalue weighted by Gasteiger charge is 2.28. The van der Waals surface area contributed by atoms with Crippen molar-refractivity contribution in [2.45, 2.75) is 70.0 Å². The quantitative estimate of drug-likeness (QED) is 0.490. The smallest absolute Gasteiger partial charge is 0.329 e. The van der Waals surface area contributed by atoms with Crippen LogP contribution in [0.2, 0.25) is 0 Å². The van der Waals surface area contributed by atoms with Gasteiger partial charge in [0.2, 0.25) is 15.9 Å². The van der Waals surface area contributed by atoms with Crippen molar-refractivity contribution < 1.29 is 13.2 Å². The van der Waals surface area contributed by atoms with Crippen LogP contribution >= 0.6 is 0 Å². The van der Waals surface area contributed by atoms with Gasteiger partial charge < -0.3 is 5.32 Å². The lowest BCUT2D eigenvalue weighted by Gasteiger charge is -2.16. The molecule has 3 aromatic rings. The molecule has 1 aliphatic heterocycles. The molecule has 1 saturated heterocycles. The van der Waals surface area contributed by atoms with Crippen LogP contribution in [0.1, 0.15) is 51.6 Å². The van der Waals surface area contributed by atoms with E-state index in [1.807, 2.05) is 39.0 Å². The van der Waals surface area contributed by atoms with Gasteiger partial charge in [0.25, 0.3) is 0 Å². The summed E-state index contributed by atoms with van der Waals surface area (Å²) in [4.78, 5) is 26.3. The maximum atomic E-state index is 13.3. The largest absolute Gasteiger partial charge is 0.352 e. The van der Waals surface area contributed by atoms with E-state index < -0.39 is 10.0 Å². The van der Waals surface area contributed by atoms with E-state index in [0.29, 0.717) is 24.1 Å². The number of sulfonamides is 1.